The molecule has 30 heavy (non-hydrogen) atoms. The van der Waals surface area contributed by atoms with Crippen molar-refractivity contribution in [3.63, 3.8) is 0 Å². The Morgan fingerprint density at radius 3 is 2.43 bits per heavy atom. The fraction of sp³-hybridized carbons (Fsp3) is 0.333. The topological polar surface area (TPSA) is 86.0 Å². The molecule has 0 aliphatic carbocycles. The average Bonchev–Trinajstić information content (AvgIpc) is 3.16. The lowest BCUT2D eigenvalue weighted by Crippen LogP contribution is -2.49. The number of H-pyrrole nitrogens is 1. The Labute approximate surface area is 177 Å². The summed E-state index contributed by atoms with van der Waals surface area (Å²) in [6, 6.07) is 17.3. The summed E-state index contributed by atoms with van der Waals surface area (Å²) in [5.41, 5.74) is 3.10. The Hall–Kier alpha value is -3.28. The molecule has 4 N–H and O–H groups in total. The Kier molecular flexibility index (Phi) is 7.49. The summed E-state index contributed by atoms with van der Waals surface area (Å²) in [7, 11) is 0. The molecule has 6 nitrogen and oxygen atoms in total. The number of anilines is 1. The van der Waals surface area contributed by atoms with Crippen LogP contribution in [0.25, 0.3) is 10.9 Å². The molecule has 0 aliphatic heterocycles. The molecular weight excluding hydrogens is 376 g/mol. The zero-order valence-corrected chi connectivity index (χ0v) is 17.6. The SMILES string of the molecule is CC(C)C(=O)NC(Cc1c[nH]c2ccccc12)C(=O)NCCCNc1ccccc1. The van der Waals surface area contributed by atoms with Gasteiger partial charge in [-0.15, -0.1) is 0 Å². The molecule has 0 saturated carbocycles. The highest BCUT2D eigenvalue weighted by atomic mass is 16.2. The molecule has 1 heterocycles. The molecule has 0 bridgehead atoms. The van der Waals surface area contributed by atoms with Crippen LogP contribution in [0.15, 0.2) is 60.8 Å². The molecular formula is C24H30N4O2. The smallest absolute Gasteiger partial charge is 0.242 e. The third-order valence-electron chi connectivity index (χ3n) is 5.01. The number of hydrogen-bond acceptors (Lipinski definition) is 3. The van der Waals surface area contributed by atoms with Crippen molar-refractivity contribution < 1.29 is 9.59 Å². The van der Waals surface area contributed by atoms with Gasteiger partial charge in [-0.05, 0) is 30.2 Å². The maximum Gasteiger partial charge on any atom is 0.242 e. The van der Waals surface area contributed by atoms with Crippen LogP contribution in [0.1, 0.15) is 25.8 Å². The van der Waals surface area contributed by atoms with Crippen LogP contribution < -0.4 is 16.0 Å². The first-order chi connectivity index (χ1) is 14.5. The highest BCUT2D eigenvalue weighted by Crippen LogP contribution is 2.19. The summed E-state index contributed by atoms with van der Waals surface area (Å²) >= 11 is 0. The van der Waals surface area contributed by atoms with E-state index in [4.69, 9.17) is 0 Å². The third kappa shape index (κ3) is 5.86. The Balaban J connectivity index is 1.57. The van der Waals surface area contributed by atoms with E-state index in [0.717, 1.165) is 35.1 Å². The van der Waals surface area contributed by atoms with Gasteiger partial charge in [-0.3, -0.25) is 9.59 Å². The molecule has 0 fully saturated rings. The van der Waals surface area contributed by atoms with E-state index in [9.17, 15) is 9.59 Å². The van der Waals surface area contributed by atoms with Gasteiger partial charge in [0.2, 0.25) is 11.8 Å². The van der Waals surface area contributed by atoms with Crippen molar-refractivity contribution in [2.75, 3.05) is 18.4 Å². The maximum atomic E-state index is 12.8. The van der Waals surface area contributed by atoms with Crippen LogP contribution in [0, 0.1) is 5.92 Å². The summed E-state index contributed by atoms with van der Waals surface area (Å²) in [4.78, 5) is 28.3. The number of fused-ring (bicyclic) bond motifs is 1. The van der Waals surface area contributed by atoms with Gasteiger partial charge in [-0.25, -0.2) is 0 Å². The van der Waals surface area contributed by atoms with Gasteiger partial charge in [0.05, 0.1) is 0 Å². The first-order valence-corrected chi connectivity index (χ1v) is 10.5. The summed E-state index contributed by atoms with van der Waals surface area (Å²) in [5, 5.41) is 10.3. The van der Waals surface area contributed by atoms with Gasteiger partial charge in [0.1, 0.15) is 6.04 Å². The van der Waals surface area contributed by atoms with Crippen LogP contribution in [-0.4, -0.2) is 35.9 Å². The lowest BCUT2D eigenvalue weighted by Gasteiger charge is -2.19. The molecule has 2 aromatic carbocycles. The number of amides is 2. The molecule has 3 rings (SSSR count). The van der Waals surface area contributed by atoms with Crippen LogP contribution in [0.5, 0.6) is 0 Å². The van der Waals surface area contributed by atoms with Gasteiger partial charge in [-0.1, -0.05) is 50.2 Å². The zero-order valence-electron chi connectivity index (χ0n) is 17.6. The van der Waals surface area contributed by atoms with E-state index in [1.165, 1.54) is 0 Å². The first-order valence-electron chi connectivity index (χ1n) is 10.5. The third-order valence-corrected chi connectivity index (χ3v) is 5.01. The molecule has 0 spiro atoms. The largest absolute Gasteiger partial charge is 0.385 e. The Morgan fingerprint density at radius 1 is 0.933 bits per heavy atom. The molecule has 0 radical (unpaired) electrons. The van der Waals surface area contributed by atoms with Gasteiger partial charge >= 0.3 is 0 Å². The number of carbonyl (C=O) groups excluding carboxylic acids is 2. The second-order valence-corrected chi connectivity index (χ2v) is 7.72. The number of para-hydroxylation sites is 2. The molecule has 1 atom stereocenters. The number of hydrogen-bond donors (Lipinski definition) is 4. The van der Waals surface area contributed by atoms with Gasteiger partial charge in [0.25, 0.3) is 0 Å². The van der Waals surface area contributed by atoms with E-state index in [2.05, 4.69) is 20.9 Å². The predicted octanol–water partition coefficient (Wildman–Crippen LogP) is 3.47. The molecule has 158 valence electrons. The van der Waals surface area contributed by atoms with Gasteiger partial charge < -0.3 is 20.9 Å². The van der Waals surface area contributed by atoms with Crippen molar-refractivity contribution in [1.82, 2.24) is 15.6 Å². The molecule has 2 amide bonds. The van der Waals surface area contributed by atoms with Crippen LogP contribution in [0.2, 0.25) is 0 Å². The maximum absolute atomic E-state index is 12.8. The minimum Gasteiger partial charge on any atom is -0.385 e. The standard InChI is InChI=1S/C24H30N4O2/c1-17(2)23(29)28-22(15-18-16-27-21-12-7-6-11-20(18)21)24(30)26-14-8-13-25-19-9-4-3-5-10-19/h3-7,9-12,16-17,22,25,27H,8,13-15H2,1-2H3,(H,26,30)(H,28,29). The molecule has 1 unspecified atom stereocenters. The van der Waals surface area contributed by atoms with Crippen molar-refractivity contribution in [3.05, 3.63) is 66.4 Å². The molecule has 3 aromatic rings. The molecule has 6 heteroatoms. The van der Waals surface area contributed by atoms with Gasteiger partial charge in [0.15, 0.2) is 0 Å². The Morgan fingerprint density at radius 2 is 1.67 bits per heavy atom. The van der Waals surface area contributed by atoms with E-state index in [-0.39, 0.29) is 17.7 Å². The normalized spacial score (nSPS) is 12.0. The van der Waals surface area contributed by atoms with E-state index >= 15 is 0 Å². The summed E-state index contributed by atoms with van der Waals surface area (Å²) in [5.74, 6) is -0.465. The van der Waals surface area contributed by atoms with Gasteiger partial charge in [-0.2, -0.15) is 0 Å². The molecule has 1 aromatic heterocycles. The lowest BCUT2D eigenvalue weighted by atomic mass is 10.0. The first kappa shape index (κ1) is 21.4. The van der Waals surface area contributed by atoms with Gasteiger partial charge in [0, 0.05) is 48.2 Å². The monoisotopic (exact) mass is 406 g/mol. The summed E-state index contributed by atoms with van der Waals surface area (Å²) < 4.78 is 0. The molecule has 0 saturated heterocycles. The van der Waals surface area contributed by atoms with E-state index < -0.39 is 6.04 Å². The van der Waals surface area contributed by atoms with Crippen LogP contribution >= 0.6 is 0 Å². The van der Waals surface area contributed by atoms with E-state index in [1.807, 2.05) is 74.6 Å². The number of aromatic nitrogens is 1. The van der Waals surface area contributed by atoms with Crippen molar-refractivity contribution in [3.8, 4) is 0 Å². The number of benzene rings is 2. The van der Waals surface area contributed by atoms with Crippen molar-refractivity contribution >= 4 is 28.4 Å². The van der Waals surface area contributed by atoms with Crippen molar-refractivity contribution in [1.29, 1.82) is 0 Å². The minimum atomic E-state index is -0.610. The summed E-state index contributed by atoms with van der Waals surface area (Å²) in [6.07, 6.45) is 3.14. The fourth-order valence-electron chi connectivity index (χ4n) is 3.28. The molecule has 0 aliphatic rings. The van der Waals surface area contributed by atoms with Crippen LogP contribution in [0.4, 0.5) is 5.69 Å². The highest BCUT2D eigenvalue weighted by Gasteiger charge is 2.23. The summed E-state index contributed by atoms with van der Waals surface area (Å²) in [6.45, 7) is 4.95. The average molecular weight is 407 g/mol. The second kappa shape index (κ2) is 10.5. The second-order valence-electron chi connectivity index (χ2n) is 7.72. The quantitative estimate of drug-likeness (QED) is 0.389. The minimum absolute atomic E-state index is 0.124. The van der Waals surface area contributed by atoms with Crippen molar-refractivity contribution in [2.24, 2.45) is 5.92 Å². The highest BCUT2D eigenvalue weighted by molar-refractivity contribution is 5.90. The fourth-order valence-corrected chi connectivity index (χ4v) is 3.28. The lowest BCUT2D eigenvalue weighted by molar-refractivity contribution is -0.130. The zero-order chi connectivity index (χ0) is 21.3. The van der Waals surface area contributed by atoms with E-state index in [0.29, 0.717) is 13.0 Å². The van der Waals surface area contributed by atoms with E-state index in [1.54, 1.807) is 0 Å². The number of carbonyl (C=O) groups is 2. The number of nitrogens with one attached hydrogen (secondary N) is 4. The van der Waals surface area contributed by atoms with Crippen LogP contribution in [0.3, 0.4) is 0 Å². The number of aromatic amines is 1. The van der Waals surface area contributed by atoms with Crippen molar-refractivity contribution in [2.45, 2.75) is 32.7 Å². The Bertz CT molecular complexity index is 966. The van der Waals surface area contributed by atoms with Crippen LogP contribution in [-0.2, 0) is 16.0 Å². The number of rotatable bonds is 10. The predicted molar refractivity (Wildman–Crippen MR) is 121 cm³/mol.